The number of ether oxygens (including phenoxy) is 1. The number of aliphatic carboxylic acids is 1. The average molecular weight is 327 g/mol. The van der Waals surface area contributed by atoms with Gasteiger partial charge in [0.2, 0.25) is 5.72 Å². The van der Waals surface area contributed by atoms with Gasteiger partial charge in [-0.3, -0.25) is 5.32 Å². The van der Waals surface area contributed by atoms with E-state index >= 15 is 0 Å². The fraction of sp³-hybridized carbons (Fsp3) is 0.222. The van der Waals surface area contributed by atoms with Crippen LogP contribution in [0, 0.1) is 0 Å². The van der Waals surface area contributed by atoms with Crippen molar-refractivity contribution in [3.8, 4) is 11.1 Å². The van der Waals surface area contributed by atoms with E-state index in [1.54, 1.807) is 0 Å². The molecule has 24 heavy (non-hydrogen) atoms. The van der Waals surface area contributed by atoms with Crippen LogP contribution in [0.2, 0.25) is 0 Å². The first-order valence-electron chi connectivity index (χ1n) is 7.49. The minimum absolute atomic E-state index is 0.0511. The Morgan fingerprint density at radius 2 is 1.58 bits per heavy atom. The molecule has 2 aromatic carbocycles. The second-order valence-corrected chi connectivity index (χ2v) is 5.83. The van der Waals surface area contributed by atoms with Gasteiger partial charge >= 0.3 is 12.1 Å². The predicted octanol–water partition coefficient (Wildman–Crippen LogP) is 2.32. The van der Waals surface area contributed by atoms with E-state index in [9.17, 15) is 14.7 Å². The molecule has 3 rings (SSSR count). The minimum atomic E-state index is -2.37. The number of nitrogens with one attached hydrogen (secondary N) is 1. The number of aliphatic hydroxyl groups is 1. The molecule has 1 aliphatic carbocycles. The normalized spacial score (nSPS) is 15.1. The molecule has 0 fully saturated rings. The SMILES string of the molecule is C[C@@](O)(NC(=O)OCC1c2ccccc2-c2ccccc21)C(=O)O. The highest BCUT2D eigenvalue weighted by atomic mass is 16.6. The molecular weight excluding hydrogens is 310 g/mol. The lowest BCUT2D eigenvalue weighted by molar-refractivity contribution is -0.159. The lowest BCUT2D eigenvalue weighted by atomic mass is 9.98. The molecular formula is C18H17NO5. The Morgan fingerprint density at radius 1 is 1.08 bits per heavy atom. The zero-order chi connectivity index (χ0) is 17.3. The summed E-state index contributed by atoms with van der Waals surface area (Å²) in [5, 5.41) is 20.3. The third-order valence-electron chi connectivity index (χ3n) is 4.11. The second-order valence-electron chi connectivity index (χ2n) is 5.83. The number of alkyl carbamates (subject to hydrolysis) is 1. The minimum Gasteiger partial charge on any atom is -0.478 e. The van der Waals surface area contributed by atoms with Gasteiger partial charge < -0.3 is 14.9 Å². The Bertz CT molecular complexity index is 754. The Hall–Kier alpha value is -2.86. The fourth-order valence-electron chi connectivity index (χ4n) is 2.89. The number of hydrogen-bond donors (Lipinski definition) is 3. The number of benzene rings is 2. The highest BCUT2D eigenvalue weighted by Gasteiger charge is 2.34. The van der Waals surface area contributed by atoms with E-state index in [2.05, 4.69) is 0 Å². The summed E-state index contributed by atoms with van der Waals surface area (Å²) in [5.74, 6) is -1.69. The second kappa shape index (κ2) is 5.98. The maximum absolute atomic E-state index is 11.8. The topological polar surface area (TPSA) is 95.9 Å². The fourth-order valence-corrected chi connectivity index (χ4v) is 2.89. The number of amides is 1. The molecule has 2 aromatic rings. The smallest absolute Gasteiger partial charge is 0.409 e. The van der Waals surface area contributed by atoms with E-state index < -0.39 is 17.8 Å². The molecule has 0 bridgehead atoms. The molecule has 0 heterocycles. The monoisotopic (exact) mass is 327 g/mol. The maximum Gasteiger partial charge on any atom is 0.409 e. The molecule has 1 aliphatic rings. The summed E-state index contributed by atoms with van der Waals surface area (Å²) in [5.41, 5.74) is 1.93. The third-order valence-corrected chi connectivity index (χ3v) is 4.11. The quantitative estimate of drug-likeness (QED) is 0.749. The van der Waals surface area contributed by atoms with Crippen LogP contribution < -0.4 is 5.32 Å². The van der Waals surface area contributed by atoms with Crippen molar-refractivity contribution in [1.82, 2.24) is 5.32 Å². The molecule has 6 nitrogen and oxygen atoms in total. The van der Waals surface area contributed by atoms with Crippen LogP contribution in [0.1, 0.15) is 24.0 Å². The van der Waals surface area contributed by atoms with Gasteiger partial charge in [-0.25, -0.2) is 9.59 Å². The summed E-state index contributed by atoms with van der Waals surface area (Å²) < 4.78 is 5.15. The van der Waals surface area contributed by atoms with Crippen molar-refractivity contribution in [2.75, 3.05) is 6.61 Å². The van der Waals surface area contributed by atoms with Gasteiger partial charge in [-0.1, -0.05) is 48.5 Å². The van der Waals surface area contributed by atoms with Gasteiger partial charge in [0.25, 0.3) is 0 Å². The van der Waals surface area contributed by atoms with Gasteiger partial charge in [-0.2, -0.15) is 0 Å². The van der Waals surface area contributed by atoms with Gasteiger partial charge in [-0.05, 0) is 29.2 Å². The van der Waals surface area contributed by atoms with Crippen LogP contribution in [-0.4, -0.2) is 34.6 Å². The van der Waals surface area contributed by atoms with Gasteiger partial charge in [0.05, 0.1) is 0 Å². The lowest BCUT2D eigenvalue weighted by Crippen LogP contribution is -2.52. The van der Waals surface area contributed by atoms with Gasteiger partial charge in [0.15, 0.2) is 0 Å². The molecule has 3 N–H and O–H groups in total. The zero-order valence-corrected chi connectivity index (χ0v) is 13.0. The Labute approximate surface area is 138 Å². The van der Waals surface area contributed by atoms with Crippen molar-refractivity contribution in [3.63, 3.8) is 0 Å². The van der Waals surface area contributed by atoms with Crippen LogP contribution in [-0.2, 0) is 9.53 Å². The molecule has 1 amide bonds. The van der Waals surface area contributed by atoms with Crippen molar-refractivity contribution in [2.24, 2.45) is 0 Å². The number of hydrogen-bond acceptors (Lipinski definition) is 4. The number of carboxylic acids is 1. The molecule has 0 aromatic heterocycles. The molecule has 0 radical (unpaired) electrons. The zero-order valence-electron chi connectivity index (χ0n) is 13.0. The maximum atomic E-state index is 11.8. The lowest BCUT2D eigenvalue weighted by Gasteiger charge is -2.20. The van der Waals surface area contributed by atoms with Crippen LogP contribution in [0.15, 0.2) is 48.5 Å². The number of carbonyl (C=O) groups excluding carboxylic acids is 1. The van der Waals surface area contributed by atoms with Crippen LogP contribution in [0.25, 0.3) is 11.1 Å². The Balaban J connectivity index is 1.76. The van der Waals surface area contributed by atoms with Crippen LogP contribution >= 0.6 is 0 Å². The van der Waals surface area contributed by atoms with E-state index in [0.29, 0.717) is 0 Å². The molecule has 0 saturated heterocycles. The van der Waals surface area contributed by atoms with Crippen molar-refractivity contribution < 1.29 is 24.5 Å². The largest absolute Gasteiger partial charge is 0.478 e. The number of carboxylic acid groups (broad SMARTS) is 1. The van der Waals surface area contributed by atoms with E-state index in [-0.39, 0.29) is 12.5 Å². The summed E-state index contributed by atoms with van der Waals surface area (Å²) in [4.78, 5) is 22.6. The first kappa shape index (κ1) is 16.0. The third kappa shape index (κ3) is 2.83. The summed E-state index contributed by atoms with van der Waals surface area (Å²) >= 11 is 0. The molecule has 0 unspecified atom stereocenters. The summed E-state index contributed by atoms with van der Waals surface area (Å²) in [6, 6.07) is 15.8. The van der Waals surface area contributed by atoms with Gasteiger partial charge in [0, 0.05) is 5.92 Å². The van der Waals surface area contributed by atoms with E-state index in [1.165, 1.54) is 0 Å². The number of rotatable bonds is 4. The van der Waals surface area contributed by atoms with Gasteiger partial charge in [0.1, 0.15) is 6.61 Å². The number of carbonyl (C=O) groups is 2. The van der Waals surface area contributed by atoms with E-state index in [0.717, 1.165) is 29.2 Å². The average Bonchev–Trinajstić information content (AvgIpc) is 2.86. The van der Waals surface area contributed by atoms with Crippen molar-refractivity contribution >= 4 is 12.1 Å². The van der Waals surface area contributed by atoms with Crippen molar-refractivity contribution in [1.29, 1.82) is 0 Å². The van der Waals surface area contributed by atoms with Crippen LogP contribution in [0.5, 0.6) is 0 Å². The summed E-state index contributed by atoms with van der Waals surface area (Å²) in [6.07, 6.45) is -0.982. The standard InChI is InChI=1S/C18H17NO5/c1-18(23,16(20)21)19-17(22)24-10-15-13-8-4-2-6-11(13)12-7-3-5-9-14(12)15/h2-9,15,23H,10H2,1H3,(H,19,22)(H,20,21)/t18-/m0/s1. The first-order chi connectivity index (χ1) is 11.4. The molecule has 124 valence electrons. The van der Waals surface area contributed by atoms with Crippen LogP contribution in [0.3, 0.4) is 0 Å². The number of fused-ring (bicyclic) bond motifs is 3. The van der Waals surface area contributed by atoms with Crippen molar-refractivity contribution in [2.45, 2.75) is 18.6 Å². The van der Waals surface area contributed by atoms with Gasteiger partial charge in [-0.15, -0.1) is 0 Å². The summed E-state index contributed by atoms with van der Waals surface area (Å²) in [7, 11) is 0. The highest BCUT2D eigenvalue weighted by Crippen LogP contribution is 2.44. The van der Waals surface area contributed by atoms with E-state index in [4.69, 9.17) is 9.84 Å². The molecule has 6 heteroatoms. The van der Waals surface area contributed by atoms with Crippen LogP contribution in [0.4, 0.5) is 4.79 Å². The first-order valence-corrected chi connectivity index (χ1v) is 7.49. The predicted molar refractivity (Wildman–Crippen MR) is 86.5 cm³/mol. The highest BCUT2D eigenvalue weighted by molar-refractivity contribution is 5.82. The Kier molecular flexibility index (Phi) is 3.99. The molecule has 0 saturated carbocycles. The molecule has 0 aliphatic heterocycles. The molecule has 1 atom stereocenters. The molecule has 0 spiro atoms. The van der Waals surface area contributed by atoms with Crippen molar-refractivity contribution in [3.05, 3.63) is 59.7 Å². The Morgan fingerprint density at radius 3 is 2.08 bits per heavy atom. The van der Waals surface area contributed by atoms with E-state index in [1.807, 2.05) is 53.8 Å². The summed E-state index contributed by atoms with van der Waals surface area (Å²) in [6.45, 7) is 1.02.